The van der Waals surface area contributed by atoms with Crippen LogP contribution in [0.5, 0.6) is 0 Å². The average molecular weight is 415 g/mol. The molecule has 1 N–H and O–H groups in total. The quantitative estimate of drug-likeness (QED) is 0.745. The highest BCUT2D eigenvalue weighted by molar-refractivity contribution is 7.91. The number of ether oxygens (including phenoxy) is 1. The molecule has 1 aromatic rings. The smallest absolute Gasteiger partial charge is 0.331 e. The molecule has 0 bridgehead atoms. The van der Waals surface area contributed by atoms with Gasteiger partial charge in [-0.1, -0.05) is 25.3 Å². The van der Waals surface area contributed by atoms with E-state index in [4.69, 9.17) is 4.74 Å². The number of esters is 1. The third-order valence-electron chi connectivity index (χ3n) is 5.49. The molecule has 1 aromatic heterocycles. The third-order valence-corrected chi connectivity index (χ3v) is 8.73. The van der Waals surface area contributed by atoms with Crippen LogP contribution in [0.25, 0.3) is 0 Å². The molecule has 1 aliphatic heterocycles. The van der Waals surface area contributed by atoms with Gasteiger partial charge >= 0.3 is 5.97 Å². The van der Waals surface area contributed by atoms with Crippen molar-refractivity contribution in [1.29, 1.82) is 0 Å². The van der Waals surface area contributed by atoms with Crippen LogP contribution in [0.3, 0.4) is 0 Å². The summed E-state index contributed by atoms with van der Waals surface area (Å²) >= 11 is 1.18. The van der Waals surface area contributed by atoms with Gasteiger partial charge in [-0.05, 0) is 37.1 Å². The minimum absolute atomic E-state index is 0.142. The van der Waals surface area contributed by atoms with Crippen LogP contribution in [-0.4, -0.2) is 50.3 Å². The van der Waals surface area contributed by atoms with Crippen molar-refractivity contribution in [1.82, 2.24) is 9.62 Å². The molecule has 3 rings (SSSR count). The number of rotatable bonds is 5. The highest BCUT2D eigenvalue weighted by Crippen LogP contribution is 2.31. The van der Waals surface area contributed by atoms with Gasteiger partial charge in [0.2, 0.25) is 5.91 Å². The molecule has 150 valence electrons. The van der Waals surface area contributed by atoms with Gasteiger partial charge in [-0.2, -0.15) is 4.31 Å². The van der Waals surface area contributed by atoms with E-state index in [0.29, 0.717) is 36.4 Å². The predicted molar refractivity (Wildman–Crippen MR) is 102 cm³/mol. The van der Waals surface area contributed by atoms with Crippen molar-refractivity contribution < 1.29 is 22.7 Å². The van der Waals surface area contributed by atoms with E-state index >= 15 is 0 Å². The summed E-state index contributed by atoms with van der Waals surface area (Å²) in [4.78, 5) is 25.3. The number of nitrogens with zero attached hydrogens (tertiary/aromatic N) is 1. The van der Waals surface area contributed by atoms with E-state index in [9.17, 15) is 18.0 Å². The Morgan fingerprint density at radius 1 is 1.26 bits per heavy atom. The summed E-state index contributed by atoms with van der Waals surface area (Å²) < 4.78 is 32.1. The Bertz CT molecular complexity index is 770. The summed E-state index contributed by atoms with van der Waals surface area (Å²) in [5, 5.41) is 4.65. The van der Waals surface area contributed by atoms with Crippen molar-refractivity contribution >= 4 is 33.2 Å². The van der Waals surface area contributed by atoms with Gasteiger partial charge in [0, 0.05) is 13.1 Å². The van der Waals surface area contributed by atoms with Crippen LogP contribution in [0.1, 0.15) is 44.9 Å². The molecule has 9 heteroatoms. The first-order chi connectivity index (χ1) is 12.9. The second-order valence-electron chi connectivity index (χ2n) is 7.26. The second-order valence-corrected chi connectivity index (χ2v) is 10.4. The molecule has 1 saturated heterocycles. The number of hydrogen-bond acceptors (Lipinski definition) is 6. The first-order valence-electron chi connectivity index (χ1n) is 9.33. The molecule has 0 spiro atoms. The summed E-state index contributed by atoms with van der Waals surface area (Å²) in [7, 11) is -2.24. The van der Waals surface area contributed by atoms with Crippen LogP contribution >= 0.6 is 11.3 Å². The lowest BCUT2D eigenvalue weighted by molar-refractivity contribution is -0.153. The molecule has 27 heavy (non-hydrogen) atoms. The van der Waals surface area contributed by atoms with Crippen LogP contribution in [0.2, 0.25) is 0 Å². The minimum atomic E-state index is -3.57. The monoisotopic (exact) mass is 414 g/mol. The minimum Gasteiger partial charge on any atom is -0.467 e. The zero-order valence-electron chi connectivity index (χ0n) is 15.5. The van der Waals surface area contributed by atoms with Gasteiger partial charge in [0.1, 0.15) is 9.75 Å². The number of methoxy groups -OCH3 is 1. The highest BCUT2D eigenvalue weighted by atomic mass is 32.2. The van der Waals surface area contributed by atoms with Gasteiger partial charge < -0.3 is 10.1 Å². The largest absolute Gasteiger partial charge is 0.467 e. The number of sulfonamides is 1. The molecule has 0 radical (unpaired) electrons. The van der Waals surface area contributed by atoms with Crippen molar-refractivity contribution in [2.45, 2.75) is 54.7 Å². The Hall–Kier alpha value is -1.45. The number of amides is 1. The van der Waals surface area contributed by atoms with Gasteiger partial charge in [0.25, 0.3) is 10.0 Å². The number of carbonyl (C=O) groups excluding carboxylic acids is 2. The molecule has 2 heterocycles. The van der Waals surface area contributed by atoms with Gasteiger partial charge in [0.05, 0.1) is 13.0 Å². The molecule has 1 atom stereocenters. The van der Waals surface area contributed by atoms with Crippen molar-refractivity contribution in [3.8, 4) is 0 Å². The van der Waals surface area contributed by atoms with E-state index in [0.717, 1.165) is 19.3 Å². The molecular formula is C18H26N2O5S2. The lowest BCUT2D eigenvalue weighted by Crippen LogP contribution is -2.58. The fraction of sp³-hybridized carbons (Fsp3) is 0.667. The van der Waals surface area contributed by atoms with Crippen LogP contribution in [-0.2, 0) is 24.3 Å². The molecule has 1 saturated carbocycles. The fourth-order valence-electron chi connectivity index (χ4n) is 3.98. The maximum Gasteiger partial charge on any atom is 0.331 e. The Kier molecular flexibility index (Phi) is 6.22. The number of nitrogens with one attached hydrogen (secondary N) is 1. The maximum atomic E-state index is 12.9. The molecule has 0 aromatic carbocycles. The molecule has 1 aliphatic carbocycles. The van der Waals surface area contributed by atoms with Crippen LogP contribution in [0.15, 0.2) is 21.7 Å². The average Bonchev–Trinajstić information content (AvgIpc) is 3.24. The Labute approximate surface area is 164 Å². The molecule has 2 fully saturated rings. The topological polar surface area (TPSA) is 92.8 Å². The van der Waals surface area contributed by atoms with Crippen molar-refractivity contribution in [3.05, 3.63) is 17.5 Å². The Morgan fingerprint density at radius 2 is 2.00 bits per heavy atom. The summed E-state index contributed by atoms with van der Waals surface area (Å²) in [5.41, 5.74) is -0.973. The number of thiophene rings is 1. The molecule has 7 nitrogen and oxygen atoms in total. The zero-order chi connectivity index (χ0) is 19.5. The van der Waals surface area contributed by atoms with Gasteiger partial charge in [0.15, 0.2) is 0 Å². The molecular weight excluding hydrogens is 388 g/mol. The summed E-state index contributed by atoms with van der Waals surface area (Å²) in [5.74, 6) is -1.13. The van der Waals surface area contributed by atoms with Crippen molar-refractivity contribution in [2.75, 3.05) is 20.2 Å². The molecule has 1 unspecified atom stereocenters. The first-order valence-corrected chi connectivity index (χ1v) is 11.7. The van der Waals surface area contributed by atoms with E-state index in [2.05, 4.69) is 5.32 Å². The standard InChI is InChI=1S/C18H26N2O5S2/c1-25-17(22)18(9-3-2-4-10-18)19-16(21)14-7-5-11-20(13-14)27(23,24)15-8-6-12-26-15/h6,8,12,14H,2-5,7,9-11,13H2,1H3,(H,19,21). The van der Waals surface area contributed by atoms with E-state index < -0.39 is 27.4 Å². The number of hydrogen-bond donors (Lipinski definition) is 1. The third kappa shape index (κ3) is 4.20. The molecule has 2 aliphatic rings. The van der Waals surface area contributed by atoms with Gasteiger partial charge in [-0.3, -0.25) is 4.79 Å². The Morgan fingerprint density at radius 3 is 2.63 bits per heavy atom. The van der Waals surface area contributed by atoms with E-state index in [1.165, 1.54) is 22.8 Å². The second kappa shape index (κ2) is 8.28. The summed E-state index contributed by atoms with van der Waals surface area (Å²) in [6, 6.07) is 3.28. The van der Waals surface area contributed by atoms with Crippen molar-refractivity contribution in [2.24, 2.45) is 5.92 Å². The van der Waals surface area contributed by atoms with Crippen LogP contribution in [0.4, 0.5) is 0 Å². The first kappa shape index (κ1) is 20.3. The number of piperidine rings is 1. The Balaban J connectivity index is 1.72. The van der Waals surface area contributed by atoms with Crippen LogP contribution < -0.4 is 5.32 Å². The summed E-state index contributed by atoms with van der Waals surface area (Å²) in [6.45, 7) is 0.551. The van der Waals surface area contributed by atoms with E-state index in [-0.39, 0.29) is 12.5 Å². The van der Waals surface area contributed by atoms with E-state index in [1.54, 1.807) is 17.5 Å². The van der Waals surface area contributed by atoms with Gasteiger partial charge in [-0.25, -0.2) is 13.2 Å². The lowest BCUT2D eigenvalue weighted by atomic mass is 9.81. The normalized spacial score (nSPS) is 23.5. The SMILES string of the molecule is COC(=O)C1(NC(=O)C2CCCN(S(=O)(=O)c3cccs3)C2)CCCCC1. The van der Waals surface area contributed by atoms with Crippen molar-refractivity contribution in [3.63, 3.8) is 0 Å². The lowest BCUT2D eigenvalue weighted by Gasteiger charge is -2.38. The zero-order valence-corrected chi connectivity index (χ0v) is 17.1. The molecule has 1 amide bonds. The van der Waals surface area contributed by atoms with E-state index in [1.807, 2.05) is 0 Å². The highest BCUT2D eigenvalue weighted by Gasteiger charge is 2.44. The summed E-state index contributed by atoms with van der Waals surface area (Å²) in [6.07, 6.45) is 5.11. The predicted octanol–water partition coefficient (Wildman–Crippen LogP) is 2.14. The van der Waals surface area contributed by atoms with Gasteiger partial charge in [-0.15, -0.1) is 11.3 Å². The fourth-order valence-corrected chi connectivity index (χ4v) is 6.65. The maximum absolute atomic E-state index is 12.9. The number of carbonyl (C=O) groups is 2. The van der Waals surface area contributed by atoms with Crippen LogP contribution in [0, 0.1) is 5.92 Å².